The van der Waals surface area contributed by atoms with Gasteiger partial charge in [0.2, 0.25) is 0 Å². The van der Waals surface area contributed by atoms with E-state index in [1.165, 1.54) is 11.4 Å². The van der Waals surface area contributed by atoms with Gasteiger partial charge in [0.05, 0.1) is 25.2 Å². The molecule has 0 saturated heterocycles. The van der Waals surface area contributed by atoms with Crippen molar-refractivity contribution in [2.45, 2.75) is 25.9 Å². The van der Waals surface area contributed by atoms with Crippen molar-refractivity contribution in [3.05, 3.63) is 17.7 Å². The molecule has 2 rings (SSSR count). The number of hydrogen-bond donors (Lipinski definition) is 1. The number of hydrogen-bond acceptors (Lipinski definition) is 4. The van der Waals surface area contributed by atoms with E-state index in [2.05, 4.69) is 14.9 Å². The van der Waals surface area contributed by atoms with Gasteiger partial charge in [0.1, 0.15) is 0 Å². The Morgan fingerprint density at radius 2 is 2.35 bits per heavy atom. The first-order valence-corrected chi connectivity index (χ1v) is 6.22. The van der Waals surface area contributed by atoms with Crippen LogP contribution in [0.5, 0.6) is 0 Å². The van der Waals surface area contributed by atoms with Gasteiger partial charge in [0.15, 0.2) is 0 Å². The van der Waals surface area contributed by atoms with Gasteiger partial charge >= 0.3 is 0 Å². The Morgan fingerprint density at radius 1 is 1.41 bits per heavy atom. The SMILES string of the molecule is COCCOCCCn1cnc2c1CCNC2. The second kappa shape index (κ2) is 6.74. The van der Waals surface area contributed by atoms with Crippen LogP contribution in [0.4, 0.5) is 0 Å². The van der Waals surface area contributed by atoms with E-state index in [-0.39, 0.29) is 0 Å². The molecule has 0 unspecified atom stereocenters. The van der Waals surface area contributed by atoms with E-state index in [4.69, 9.17) is 9.47 Å². The average molecular weight is 239 g/mol. The van der Waals surface area contributed by atoms with Gasteiger partial charge in [-0.1, -0.05) is 0 Å². The summed E-state index contributed by atoms with van der Waals surface area (Å²) in [6.45, 7) is 5.11. The lowest BCUT2D eigenvalue weighted by atomic mass is 10.2. The molecule has 0 aromatic carbocycles. The molecule has 5 heteroatoms. The molecule has 0 saturated carbocycles. The third-order valence-electron chi connectivity index (χ3n) is 2.98. The molecule has 1 aliphatic heterocycles. The molecule has 0 spiro atoms. The van der Waals surface area contributed by atoms with Gasteiger partial charge in [-0.3, -0.25) is 0 Å². The Morgan fingerprint density at radius 3 is 3.24 bits per heavy atom. The first-order chi connectivity index (χ1) is 8.42. The van der Waals surface area contributed by atoms with E-state index in [0.717, 1.165) is 39.1 Å². The van der Waals surface area contributed by atoms with Gasteiger partial charge in [-0.2, -0.15) is 0 Å². The van der Waals surface area contributed by atoms with Gasteiger partial charge in [-0.15, -0.1) is 0 Å². The topological polar surface area (TPSA) is 48.3 Å². The largest absolute Gasteiger partial charge is 0.382 e. The van der Waals surface area contributed by atoms with Gasteiger partial charge in [-0.05, 0) is 6.42 Å². The molecule has 96 valence electrons. The van der Waals surface area contributed by atoms with Crippen molar-refractivity contribution in [3.63, 3.8) is 0 Å². The molecule has 1 aromatic rings. The fraction of sp³-hybridized carbons (Fsp3) is 0.750. The molecule has 0 aliphatic carbocycles. The number of imidazole rings is 1. The number of ether oxygens (including phenoxy) is 2. The summed E-state index contributed by atoms with van der Waals surface area (Å²) in [5.41, 5.74) is 2.59. The minimum Gasteiger partial charge on any atom is -0.382 e. The zero-order valence-electron chi connectivity index (χ0n) is 10.4. The van der Waals surface area contributed by atoms with Crippen LogP contribution in [0.15, 0.2) is 6.33 Å². The van der Waals surface area contributed by atoms with Crippen molar-refractivity contribution >= 4 is 0 Å². The summed E-state index contributed by atoms with van der Waals surface area (Å²) in [6.07, 6.45) is 4.06. The number of nitrogens with zero attached hydrogens (tertiary/aromatic N) is 2. The Kier molecular flexibility index (Phi) is 4.97. The molecule has 0 fully saturated rings. The Balaban J connectivity index is 1.70. The van der Waals surface area contributed by atoms with Crippen molar-refractivity contribution in [2.75, 3.05) is 33.5 Å². The predicted molar refractivity (Wildman–Crippen MR) is 64.9 cm³/mol. The van der Waals surface area contributed by atoms with E-state index >= 15 is 0 Å². The van der Waals surface area contributed by atoms with Crippen molar-refractivity contribution < 1.29 is 9.47 Å². The number of rotatable bonds is 7. The van der Waals surface area contributed by atoms with Crippen LogP contribution in [0, 0.1) is 0 Å². The fourth-order valence-corrected chi connectivity index (χ4v) is 2.07. The van der Waals surface area contributed by atoms with Gasteiger partial charge in [0.25, 0.3) is 0 Å². The Bertz CT molecular complexity index is 338. The summed E-state index contributed by atoms with van der Waals surface area (Å²) in [5.74, 6) is 0. The summed E-state index contributed by atoms with van der Waals surface area (Å²) < 4.78 is 12.6. The molecule has 5 nitrogen and oxygen atoms in total. The van der Waals surface area contributed by atoms with Crippen molar-refractivity contribution in [2.24, 2.45) is 0 Å². The molecule has 17 heavy (non-hydrogen) atoms. The molecule has 1 aliphatic rings. The first-order valence-electron chi connectivity index (χ1n) is 6.22. The van der Waals surface area contributed by atoms with E-state index in [9.17, 15) is 0 Å². The van der Waals surface area contributed by atoms with Crippen LogP contribution in [0.2, 0.25) is 0 Å². The van der Waals surface area contributed by atoms with Crippen LogP contribution in [0.1, 0.15) is 17.8 Å². The highest BCUT2D eigenvalue weighted by Crippen LogP contribution is 2.12. The predicted octanol–water partition coefficient (Wildman–Crippen LogP) is 0.582. The smallest absolute Gasteiger partial charge is 0.0952 e. The van der Waals surface area contributed by atoms with E-state index in [1.54, 1.807) is 7.11 Å². The first kappa shape index (κ1) is 12.5. The standard InChI is InChI=1S/C12H21N3O2/c1-16-7-8-17-6-2-5-15-10-14-11-9-13-4-3-12(11)15/h10,13H,2-9H2,1H3. The van der Waals surface area contributed by atoms with Crippen LogP contribution in [0.25, 0.3) is 0 Å². The summed E-state index contributed by atoms with van der Waals surface area (Å²) in [5, 5.41) is 3.33. The summed E-state index contributed by atoms with van der Waals surface area (Å²) >= 11 is 0. The minimum atomic E-state index is 0.673. The highest BCUT2D eigenvalue weighted by molar-refractivity contribution is 5.16. The maximum absolute atomic E-state index is 5.45. The maximum atomic E-state index is 5.45. The van der Waals surface area contributed by atoms with Crippen LogP contribution < -0.4 is 5.32 Å². The highest BCUT2D eigenvalue weighted by Gasteiger charge is 2.13. The zero-order valence-corrected chi connectivity index (χ0v) is 10.4. The lowest BCUT2D eigenvalue weighted by Gasteiger charge is -2.15. The van der Waals surface area contributed by atoms with Gasteiger partial charge in [0, 0.05) is 45.5 Å². The molecule has 2 heterocycles. The molecule has 0 bridgehead atoms. The molecule has 1 aromatic heterocycles. The summed E-state index contributed by atoms with van der Waals surface area (Å²) in [7, 11) is 1.69. The third-order valence-corrected chi connectivity index (χ3v) is 2.98. The van der Waals surface area contributed by atoms with E-state index < -0.39 is 0 Å². The van der Waals surface area contributed by atoms with Crippen LogP contribution in [-0.4, -0.2) is 43.0 Å². The number of methoxy groups -OCH3 is 1. The number of fused-ring (bicyclic) bond motifs is 1. The van der Waals surface area contributed by atoms with Gasteiger partial charge < -0.3 is 19.4 Å². The molecule has 0 radical (unpaired) electrons. The second-order valence-electron chi connectivity index (χ2n) is 4.22. The van der Waals surface area contributed by atoms with E-state index in [0.29, 0.717) is 13.2 Å². The third kappa shape index (κ3) is 3.52. The molecule has 1 N–H and O–H groups in total. The van der Waals surface area contributed by atoms with Crippen molar-refractivity contribution in [1.82, 2.24) is 14.9 Å². The summed E-state index contributed by atoms with van der Waals surface area (Å²) in [4.78, 5) is 4.42. The van der Waals surface area contributed by atoms with Crippen molar-refractivity contribution in [1.29, 1.82) is 0 Å². The number of aromatic nitrogens is 2. The molecule has 0 amide bonds. The average Bonchev–Trinajstić information content (AvgIpc) is 2.77. The quantitative estimate of drug-likeness (QED) is 0.707. The summed E-state index contributed by atoms with van der Waals surface area (Å²) in [6, 6.07) is 0. The molecular weight excluding hydrogens is 218 g/mol. The lowest BCUT2D eigenvalue weighted by molar-refractivity contribution is 0.0679. The van der Waals surface area contributed by atoms with E-state index in [1.807, 2.05) is 6.33 Å². The van der Waals surface area contributed by atoms with Crippen molar-refractivity contribution in [3.8, 4) is 0 Å². The van der Waals surface area contributed by atoms with Crippen LogP contribution >= 0.6 is 0 Å². The minimum absolute atomic E-state index is 0.673. The second-order valence-corrected chi connectivity index (χ2v) is 4.22. The van der Waals surface area contributed by atoms with Crippen LogP contribution in [0.3, 0.4) is 0 Å². The highest BCUT2D eigenvalue weighted by atomic mass is 16.5. The Hall–Kier alpha value is -0.910. The lowest BCUT2D eigenvalue weighted by Crippen LogP contribution is -2.25. The maximum Gasteiger partial charge on any atom is 0.0952 e. The van der Waals surface area contributed by atoms with Gasteiger partial charge in [-0.25, -0.2) is 4.98 Å². The monoisotopic (exact) mass is 239 g/mol. The normalized spacial score (nSPS) is 14.9. The fourth-order valence-electron chi connectivity index (χ4n) is 2.07. The zero-order chi connectivity index (χ0) is 11.9. The Labute approximate surface area is 102 Å². The number of nitrogens with one attached hydrogen (secondary N) is 1. The number of aryl methyl sites for hydroxylation is 1. The molecular formula is C12H21N3O2. The van der Waals surface area contributed by atoms with Crippen LogP contribution in [-0.2, 0) is 29.0 Å². The molecule has 0 atom stereocenters.